The number of carbonyl (C=O) groups excluding carboxylic acids is 1. The molecule has 2 aliphatic heterocycles. The first-order valence-electron chi connectivity index (χ1n) is 14.8. The molecule has 2 unspecified atom stereocenters. The van der Waals surface area contributed by atoms with Gasteiger partial charge in [0.1, 0.15) is 17.5 Å². The summed E-state index contributed by atoms with van der Waals surface area (Å²) < 4.78 is 41.8. The summed E-state index contributed by atoms with van der Waals surface area (Å²) in [6.45, 7) is 8.33. The van der Waals surface area contributed by atoms with E-state index in [0.717, 1.165) is 35.0 Å². The number of hydrogen-bond donors (Lipinski definition) is 1. The van der Waals surface area contributed by atoms with Gasteiger partial charge in [-0.25, -0.2) is 13.1 Å². The number of hydrogen-bond acceptors (Lipinski definition) is 8. The van der Waals surface area contributed by atoms with Gasteiger partial charge in [0.25, 0.3) is 10.0 Å². The van der Waals surface area contributed by atoms with Crippen molar-refractivity contribution in [2.24, 2.45) is 0 Å². The predicted molar refractivity (Wildman–Crippen MR) is 162 cm³/mol. The molecular formula is C31H40N6O5S. The van der Waals surface area contributed by atoms with Crippen molar-refractivity contribution in [1.29, 1.82) is 0 Å². The van der Waals surface area contributed by atoms with Gasteiger partial charge in [0, 0.05) is 49.6 Å². The summed E-state index contributed by atoms with van der Waals surface area (Å²) >= 11 is 0. The van der Waals surface area contributed by atoms with Crippen molar-refractivity contribution >= 4 is 15.9 Å². The zero-order valence-electron chi connectivity index (χ0n) is 25.1. The number of fused-ring (bicyclic) bond motifs is 1. The lowest BCUT2D eigenvalue weighted by molar-refractivity contribution is -0.124. The second kappa shape index (κ2) is 13.2. The summed E-state index contributed by atoms with van der Waals surface area (Å²) in [4.78, 5) is 15.3. The van der Waals surface area contributed by atoms with Crippen LogP contribution >= 0.6 is 0 Å². The summed E-state index contributed by atoms with van der Waals surface area (Å²) in [5.74, 6) is 0.996. The maximum Gasteiger partial charge on any atom is 0.264 e. The maximum atomic E-state index is 13.6. The van der Waals surface area contributed by atoms with Gasteiger partial charge in [-0.05, 0) is 63.2 Å². The number of carbonyl (C=O) groups is 1. The number of benzene rings is 2. The van der Waals surface area contributed by atoms with Crippen LogP contribution in [0.25, 0.3) is 0 Å². The van der Waals surface area contributed by atoms with Crippen LogP contribution in [0.1, 0.15) is 62.9 Å². The van der Waals surface area contributed by atoms with Gasteiger partial charge in [-0.15, -0.1) is 5.10 Å². The molecular weight excluding hydrogens is 568 g/mol. The Morgan fingerprint density at radius 1 is 1.19 bits per heavy atom. The van der Waals surface area contributed by atoms with E-state index >= 15 is 0 Å². The molecule has 2 atom stereocenters. The second-order valence-corrected chi connectivity index (χ2v) is 13.1. The van der Waals surface area contributed by atoms with E-state index in [1.54, 1.807) is 23.0 Å². The molecule has 0 fully saturated rings. The fourth-order valence-corrected chi connectivity index (χ4v) is 6.57. The van der Waals surface area contributed by atoms with Crippen LogP contribution in [0.2, 0.25) is 0 Å². The Hall–Kier alpha value is -3.90. The van der Waals surface area contributed by atoms with Gasteiger partial charge in [0.15, 0.2) is 0 Å². The van der Waals surface area contributed by atoms with Crippen LogP contribution in [0.3, 0.4) is 0 Å². The lowest BCUT2D eigenvalue weighted by atomic mass is 9.98. The van der Waals surface area contributed by atoms with Gasteiger partial charge in [-0.1, -0.05) is 30.7 Å². The number of amides is 1. The molecule has 1 aromatic heterocycles. The van der Waals surface area contributed by atoms with E-state index in [-0.39, 0.29) is 17.4 Å². The first-order chi connectivity index (χ1) is 20.7. The average molecular weight is 609 g/mol. The minimum Gasteiger partial charge on any atom is -0.494 e. The van der Waals surface area contributed by atoms with Gasteiger partial charge in [0.05, 0.1) is 29.8 Å². The van der Waals surface area contributed by atoms with E-state index in [0.29, 0.717) is 37.1 Å². The topological polar surface area (TPSA) is 119 Å². The molecule has 43 heavy (non-hydrogen) atoms. The Kier molecular flexibility index (Phi) is 9.36. The second-order valence-electron chi connectivity index (χ2n) is 11.3. The van der Waals surface area contributed by atoms with Crippen molar-refractivity contribution < 1.29 is 22.7 Å². The zero-order valence-corrected chi connectivity index (χ0v) is 26.0. The molecule has 2 aliphatic rings. The van der Waals surface area contributed by atoms with Gasteiger partial charge in [0.2, 0.25) is 5.91 Å². The molecule has 0 spiro atoms. The van der Waals surface area contributed by atoms with E-state index in [2.05, 4.69) is 66.5 Å². The first kappa shape index (κ1) is 30.6. The highest BCUT2D eigenvalue weighted by atomic mass is 32.2. The Labute approximate surface area is 253 Å². The van der Waals surface area contributed by atoms with Crippen LogP contribution in [-0.2, 0) is 27.8 Å². The highest BCUT2D eigenvalue weighted by Crippen LogP contribution is 2.35. The molecule has 3 aromatic rings. The Balaban J connectivity index is 1.32. The first-order valence-corrected chi connectivity index (χ1v) is 16.2. The number of unbranched alkanes of at least 4 members (excludes halogenated alkanes) is 1. The average Bonchev–Trinajstić information content (AvgIpc) is 3.46. The monoisotopic (exact) mass is 608 g/mol. The molecule has 0 bridgehead atoms. The molecule has 0 radical (unpaired) electrons. The SMILES string of the molecule is CCCCOc1ccc(S(=O)(=O)N2C=CNC(=O)C2Cc2cn(C3CCOc4cc(CN(C)C(C)C)ccc43)nn2)cc1. The van der Waals surface area contributed by atoms with Gasteiger partial charge < -0.3 is 14.8 Å². The van der Waals surface area contributed by atoms with Gasteiger partial charge in [-0.3, -0.25) is 14.0 Å². The molecule has 0 saturated carbocycles. The summed E-state index contributed by atoms with van der Waals surface area (Å²) in [7, 11) is -1.93. The Morgan fingerprint density at radius 2 is 1.98 bits per heavy atom. The van der Waals surface area contributed by atoms with Crippen LogP contribution in [0.4, 0.5) is 0 Å². The van der Waals surface area contributed by atoms with Crippen LogP contribution in [0.5, 0.6) is 11.5 Å². The normalized spacial score (nSPS) is 18.5. The molecule has 12 heteroatoms. The number of rotatable bonds is 12. The number of aromatic nitrogens is 3. The molecule has 0 saturated heterocycles. The summed E-state index contributed by atoms with van der Waals surface area (Å²) in [5, 5.41) is 11.3. The standard InChI is InChI=1S/C31H40N6O5S/c1-5-6-16-41-25-8-10-26(11-9-25)43(39,40)37-15-14-32-31(38)29(37)19-24-21-36(34-33-24)28-13-17-42-30-18-23(7-12-27(28)30)20-35(4)22(2)3/h7-12,14-15,18,21-22,28-29H,5-6,13,16-17,19-20H2,1-4H3,(H,32,38). The van der Waals surface area contributed by atoms with Crippen LogP contribution in [0, 0.1) is 0 Å². The smallest absolute Gasteiger partial charge is 0.264 e. The van der Waals surface area contributed by atoms with E-state index in [1.165, 1.54) is 30.1 Å². The molecule has 5 rings (SSSR count). The van der Waals surface area contributed by atoms with Gasteiger partial charge in [-0.2, -0.15) is 0 Å². The lowest BCUT2D eigenvalue weighted by Gasteiger charge is -2.31. The van der Waals surface area contributed by atoms with E-state index in [4.69, 9.17) is 9.47 Å². The maximum absolute atomic E-state index is 13.6. The quantitative estimate of drug-likeness (QED) is 0.308. The number of ether oxygens (including phenoxy) is 2. The van der Waals surface area contributed by atoms with Crippen LogP contribution in [-0.4, -0.2) is 70.9 Å². The summed E-state index contributed by atoms with van der Waals surface area (Å²) in [6.07, 6.45) is 7.20. The van der Waals surface area contributed by atoms with Crippen molar-refractivity contribution in [3.05, 3.63) is 77.9 Å². The third-order valence-electron chi connectivity index (χ3n) is 7.90. The highest BCUT2D eigenvalue weighted by Gasteiger charge is 2.36. The molecule has 1 N–H and O–H groups in total. The minimum absolute atomic E-state index is 0.0597. The van der Waals surface area contributed by atoms with Crippen LogP contribution < -0.4 is 14.8 Å². The Morgan fingerprint density at radius 3 is 2.72 bits per heavy atom. The minimum atomic E-state index is -4.02. The molecule has 230 valence electrons. The molecule has 11 nitrogen and oxygen atoms in total. The fraction of sp³-hybridized carbons (Fsp3) is 0.452. The molecule has 3 heterocycles. The van der Waals surface area contributed by atoms with E-state index in [9.17, 15) is 13.2 Å². The van der Waals surface area contributed by atoms with Crippen LogP contribution in [0.15, 0.2) is 66.0 Å². The molecule has 0 aliphatic carbocycles. The third kappa shape index (κ3) is 6.86. The Bertz CT molecular complexity index is 1550. The van der Waals surface area contributed by atoms with Crippen molar-refractivity contribution in [2.75, 3.05) is 20.3 Å². The zero-order chi connectivity index (χ0) is 30.6. The third-order valence-corrected chi connectivity index (χ3v) is 9.70. The number of nitrogens with one attached hydrogen (secondary N) is 1. The van der Waals surface area contributed by atoms with Crippen molar-refractivity contribution in [3.8, 4) is 11.5 Å². The summed E-state index contributed by atoms with van der Waals surface area (Å²) in [6, 6.07) is 11.9. The fourth-order valence-electron chi connectivity index (χ4n) is 5.12. The predicted octanol–water partition coefficient (Wildman–Crippen LogP) is 3.87. The van der Waals surface area contributed by atoms with Crippen molar-refractivity contribution in [2.45, 2.75) is 76.0 Å². The van der Waals surface area contributed by atoms with Crippen molar-refractivity contribution in [3.63, 3.8) is 0 Å². The van der Waals surface area contributed by atoms with Crippen molar-refractivity contribution in [1.82, 2.24) is 29.5 Å². The summed E-state index contributed by atoms with van der Waals surface area (Å²) in [5.41, 5.74) is 2.70. The highest BCUT2D eigenvalue weighted by molar-refractivity contribution is 7.89. The number of nitrogens with zero attached hydrogens (tertiary/aromatic N) is 5. The van der Waals surface area contributed by atoms with E-state index in [1.807, 2.05) is 0 Å². The number of sulfonamides is 1. The van der Waals surface area contributed by atoms with E-state index < -0.39 is 22.0 Å². The van der Waals surface area contributed by atoms with Gasteiger partial charge >= 0.3 is 0 Å². The molecule has 2 aromatic carbocycles. The molecule has 1 amide bonds. The largest absolute Gasteiger partial charge is 0.494 e. The lowest BCUT2D eigenvalue weighted by Crippen LogP contribution is -2.50.